The number of rotatable bonds is 3. The third kappa shape index (κ3) is 2.94. The number of fused-ring (bicyclic) bond motifs is 2. The Balaban J connectivity index is 1.37. The van der Waals surface area contributed by atoms with Gasteiger partial charge in [-0.3, -0.25) is 9.20 Å². The Kier molecular flexibility index (Phi) is 3.92. The van der Waals surface area contributed by atoms with Crippen LogP contribution in [0.2, 0.25) is 0 Å². The van der Waals surface area contributed by atoms with E-state index >= 15 is 0 Å². The Labute approximate surface area is 160 Å². The Hall–Kier alpha value is -3.49. The average molecular weight is 376 g/mol. The molecule has 28 heavy (non-hydrogen) atoms. The fourth-order valence-electron chi connectivity index (χ4n) is 3.69. The lowest BCUT2D eigenvalue weighted by atomic mass is 10.1. The van der Waals surface area contributed by atoms with Gasteiger partial charge in [0.25, 0.3) is 0 Å². The molecule has 5 rings (SSSR count). The highest BCUT2D eigenvalue weighted by Gasteiger charge is 2.21. The molecule has 1 amide bonds. The van der Waals surface area contributed by atoms with Crippen molar-refractivity contribution < 1.29 is 4.79 Å². The molecule has 4 aromatic rings. The molecule has 142 valence electrons. The summed E-state index contributed by atoms with van der Waals surface area (Å²) in [6.45, 7) is 3.16. The normalized spacial score (nSPS) is 15.4. The molecular formula is C19H20N8O. The van der Waals surface area contributed by atoms with Crippen LogP contribution in [-0.4, -0.2) is 59.3 Å². The first-order valence-electron chi connectivity index (χ1n) is 9.32. The predicted molar refractivity (Wildman–Crippen MR) is 105 cm³/mol. The van der Waals surface area contributed by atoms with E-state index < -0.39 is 0 Å². The van der Waals surface area contributed by atoms with Gasteiger partial charge in [0.2, 0.25) is 17.6 Å². The molecule has 0 aliphatic carbocycles. The number of anilines is 1. The van der Waals surface area contributed by atoms with Crippen LogP contribution < -0.4 is 5.32 Å². The summed E-state index contributed by atoms with van der Waals surface area (Å²) in [5, 5.41) is 4.34. The maximum absolute atomic E-state index is 11.5. The van der Waals surface area contributed by atoms with E-state index in [1.165, 1.54) is 0 Å². The number of hydrogen-bond acceptors (Lipinski definition) is 6. The number of aromatic nitrogens is 6. The van der Waals surface area contributed by atoms with Crippen LogP contribution in [0.4, 0.5) is 5.95 Å². The van der Waals surface area contributed by atoms with Crippen LogP contribution in [0.3, 0.4) is 0 Å². The van der Waals surface area contributed by atoms with Crippen LogP contribution in [0.25, 0.3) is 27.9 Å². The van der Waals surface area contributed by atoms with Crippen LogP contribution >= 0.6 is 0 Å². The fraction of sp³-hybridized carbons (Fsp3) is 0.316. The molecule has 5 heterocycles. The van der Waals surface area contributed by atoms with Gasteiger partial charge in [0, 0.05) is 79.7 Å². The monoisotopic (exact) mass is 376 g/mol. The zero-order valence-electron chi connectivity index (χ0n) is 15.5. The molecule has 9 nitrogen and oxygen atoms in total. The number of carbonyl (C=O) groups excluding carboxylic acids is 1. The quantitative estimate of drug-likeness (QED) is 0.567. The van der Waals surface area contributed by atoms with Crippen molar-refractivity contribution in [2.45, 2.75) is 25.8 Å². The van der Waals surface area contributed by atoms with Crippen LogP contribution in [0.5, 0.6) is 0 Å². The third-order valence-corrected chi connectivity index (χ3v) is 5.26. The van der Waals surface area contributed by atoms with Gasteiger partial charge in [-0.2, -0.15) is 4.98 Å². The van der Waals surface area contributed by atoms with Crippen LogP contribution in [-0.2, 0) is 4.79 Å². The fourth-order valence-corrected chi connectivity index (χ4v) is 3.69. The number of aromatic amines is 1. The molecule has 1 aliphatic rings. The summed E-state index contributed by atoms with van der Waals surface area (Å²) in [5.74, 6) is 1.41. The number of hydrogen-bond donors (Lipinski definition) is 2. The molecule has 1 aliphatic heterocycles. The van der Waals surface area contributed by atoms with Crippen LogP contribution in [0, 0.1) is 0 Å². The molecule has 4 aromatic heterocycles. The zero-order chi connectivity index (χ0) is 19.1. The lowest BCUT2D eigenvalue weighted by molar-refractivity contribution is -0.129. The van der Waals surface area contributed by atoms with E-state index in [1.807, 2.05) is 34.1 Å². The number of carbonyl (C=O) groups is 1. The third-order valence-electron chi connectivity index (χ3n) is 5.26. The number of amides is 1. The standard InChI is InChI=1S/C19H20N8O/c1-12(28)26-5-2-14(3-6-26)24-18-22-10-16-15(9-21-17(16)25-18)13-8-23-19-20-4-7-27(19)11-13/h4,7-11,14H,2-3,5-6H2,1H3,(H2,21,22,24,25). The molecule has 1 fully saturated rings. The van der Waals surface area contributed by atoms with Gasteiger partial charge in [0.05, 0.1) is 0 Å². The molecule has 0 radical (unpaired) electrons. The van der Waals surface area contributed by atoms with E-state index in [0.717, 1.165) is 48.1 Å². The Morgan fingerprint density at radius 1 is 1.21 bits per heavy atom. The van der Waals surface area contributed by atoms with E-state index in [-0.39, 0.29) is 11.9 Å². The summed E-state index contributed by atoms with van der Waals surface area (Å²) < 4.78 is 1.89. The van der Waals surface area contributed by atoms with Crippen molar-refractivity contribution in [3.8, 4) is 11.1 Å². The van der Waals surface area contributed by atoms with E-state index in [9.17, 15) is 4.79 Å². The van der Waals surface area contributed by atoms with E-state index in [1.54, 1.807) is 19.3 Å². The first-order chi connectivity index (χ1) is 13.7. The molecule has 2 N–H and O–H groups in total. The van der Waals surface area contributed by atoms with Crippen molar-refractivity contribution in [2.24, 2.45) is 0 Å². The smallest absolute Gasteiger partial charge is 0.233 e. The van der Waals surface area contributed by atoms with E-state index in [0.29, 0.717) is 11.7 Å². The first kappa shape index (κ1) is 16.7. The number of piperidine rings is 1. The molecule has 0 unspecified atom stereocenters. The Morgan fingerprint density at radius 2 is 2.07 bits per heavy atom. The van der Waals surface area contributed by atoms with Crippen molar-refractivity contribution >= 4 is 28.7 Å². The summed E-state index contributed by atoms with van der Waals surface area (Å²) in [6.07, 6.45) is 12.9. The number of nitrogens with one attached hydrogen (secondary N) is 2. The van der Waals surface area contributed by atoms with Gasteiger partial charge >= 0.3 is 0 Å². The number of nitrogens with zero attached hydrogens (tertiary/aromatic N) is 6. The van der Waals surface area contributed by atoms with Crippen LogP contribution in [0.15, 0.2) is 37.2 Å². The summed E-state index contributed by atoms with van der Waals surface area (Å²) in [6, 6.07) is 0.273. The van der Waals surface area contributed by atoms with Gasteiger partial charge in [-0.05, 0) is 12.8 Å². The second kappa shape index (κ2) is 6.59. The predicted octanol–water partition coefficient (Wildman–Crippen LogP) is 2.09. The lowest BCUT2D eigenvalue weighted by Crippen LogP contribution is -2.41. The topological polar surface area (TPSA) is 104 Å². The molecule has 0 saturated carbocycles. The molecule has 1 saturated heterocycles. The van der Waals surface area contributed by atoms with Gasteiger partial charge in [-0.15, -0.1) is 0 Å². The maximum Gasteiger partial charge on any atom is 0.233 e. The number of likely N-dealkylation sites (tertiary alicyclic amines) is 1. The second-order valence-electron chi connectivity index (χ2n) is 7.06. The highest BCUT2D eigenvalue weighted by molar-refractivity contribution is 5.93. The highest BCUT2D eigenvalue weighted by atomic mass is 16.2. The number of H-pyrrole nitrogens is 1. The highest BCUT2D eigenvalue weighted by Crippen LogP contribution is 2.27. The maximum atomic E-state index is 11.5. The second-order valence-corrected chi connectivity index (χ2v) is 7.06. The summed E-state index contributed by atoms with van der Waals surface area (Å²) in [4.78, 5) is 34.2. The SMILES string of the molecule is CC(=O)N1CCC(Nc2ncc3c(-c4cnc5nccn5c4)c[nH]c3n2)CC1. The largest absolute Gasteiger partial charge is 0.351 e. The van der Waals surface area contributed by atoms with Gasteiger partial charge < -0.3 is 15.2 Å². The molecule has 0 atom stereocenters. The van der Waals surface area contributed by atoms with Gasteiger partial charge in [0.1, 0.15) is 5.65 Å². The minimum absolute atomic E-state index is 0.137. The van der Waals surface area contributed by atoms with Crippen molar-refractivity contribution in [2.75, 3.05) is 18.4 Å². The van der Waals surface area contributed by atoms with Crippen molar-refractivity contribution in [3.05, 3.63) is 37.2 Å². The summed E-state index contributed by atoms with van der Waals surface area (Å²) in [7, 11) is 0. The Bertz CT molecular complexity index is 1160. The zero-order valence-corrected chi connectivity index (χ0v) is 15.5. The molecule has 0 spiro atoms. The van der Waals surface area contributed by atoms with Gasteiger partial charge in [-0.1, -0.05) is 0 Å². The molecule has 9 heteroatoms. The van der Waals surface area contributed by atoms with E-state index in [2.05, 4.69) is 30.2 Å². The summed E-state index contributed by atoms with van der Waals surface area (Å²) in [5.41, 5.74) is 2.75. The first-order valence-corrected chi connectivity index (χ1v) is 9.32. The van der Waals surface area contributed by atoms with E-state index in [4.69, 9.17) is 0 Å². The van der Waals surface area contributed by atoms with Gasteiger partial charge in [-0.25, -0.2) is 15.0 Å². The van der Waals surface area contributed by atoms with Crippen molar-refractivity contribution in [3.63, 3.8) is 0 Å². The lowest BCUT2D eigenvalue weighted by Gasteiger charge is -2.31. The Morgan fingerprint density at radius 3 is 2.89 bits per heavy atom. The van der Waals surface area contributed by atoms with Gasteiger partial charge in [0.15, 0.2) is 0 Å². The van der Waals surface area contributed by atoms with Crippen molar-refractivity contribution in [1.82, 2.24) is 34.2 Å². The molecule has 0 aromatic carbocycles. The number of imidazole rings is 1. The minimum atomic E-state index is 0.137. The molecule has 0 bridgehead atoms. The van der Waals surface area contributed by atoms with Crippen LogP contribution in [0.1, 0.15) is 19.8 Å². The summed E-state index contributed by atoms with van der Waals surface area (Å²) >= 11 is 0. The van der Waals surface area contributed by atoms with Crippen molar-refractivity contribution in [1.29, 1.82) is 0 Å². The minimum Gasteiger partial charge on any atom is -0.351 e. The molecular weight excluding hydrogens is 356 g/mol. The average Bonchev–Trinajstić information content (AvgIpc) is 3.34.